The van der Waals surface area contributed by atoms with Gasteiger partial charge in [0.25, 0.3) is 5.56 Å². The third-order valence-electron chi connectivity index (χ3n) is 2.81. The molecule has 2 rings (SSSR count). The summed E-state index contributed by atoms with van der Waals surface area (Å²) in [5.74, 6) is -0.241. The fourth-order valence-electron chi connectivity index (χ4n) is 1.93. The van der Waals surface area contributed by atoms with Crippen molar-refractivity contribution in [1.82, 2.24) is 15.1 Å². The highest BCUT2D eigenvalue weighted by atomic mass is 79.9. The molecule has 1 amide bonds. The van der Waals surface area contributed by atoms with E-state index < -0.39 is 0 Å². The highest BCUT2D eigenvalue weighted by molar-refractivity contribution is 9.10. The number of halogens is 1. The summed E-state index contributed by atoms with van der Waals surface area (Å²) >= 11 is 3.38. The molecule has 6 heteroatoms. The van der Waals surface area contributed by atoms with Crippen molar-refractivity contribution in [1.29, 1.82) is 0 Å². The Labute approximate surface area is 137 Å². The molecule has 0 fully saturated rings. The number of carbonyl (C=O) groups is 1. The van der Waals surface area contributed by atoms with Gasteiger partial charge in [-0.1, -0.05) is 28.1 Å². The van der Waals surface area contributed by atoms with Crippen LogP contribution >= 0.6 is 15.9 Å². The Hall–Kier alpha value is -1.95. The van der Waals surface area contributed by atoms with Crippen LogP contribution in [0.2, 0.25) is 0 Å². The monoisotopic (exact) mass is 363 g/mol. The number of nitrogens with zero attached hydrogens (tertiary/aromatic N) is 2. The van der Waals surface area contributed by atoms with Gasteiger partial charge in [-0.3, -0.25) is 9.59 Å². The molecule has 0 atom stereocenters. The van der Waals surface area contributed by atoms with Gasteiger partial charge in [0.15, 0.2) is 0 Å². The van der Waals surface area contributed by atoms with E-state index in [9.17, 15) is 9.59 Å². The maximum absolute atomic E-state index is 12.0. The van der Waals surface area contributed by atoms with Crippen molar-refractivity contribution in [3.05, 3.63) is 51.2 Å². The number of nitrogens with one attached hydrogen (secondary N) is 1. The van der Waals surface area contributed by atoms with E-state index in [1.807, 2.05) is 45.0 Å². The van der Waals surface area contributed by atoms with Gasteiger partial charge >= 0.3 is 0 Å². The molecule has 116 valence electrons. The van der Waals surface area contributed by atoms with Crippen molar-refractivity contribution >= 4 is 21.8 Å². The lowest BCUT2D eigenvalue weighted by Gasteiger charge is -2.20. The first-order chi connectivity index (χ1) is 10.2. The molecule has 0 bridgehead atoms. The SMILES string of the molecule is CC(C)(C)NC(=O)Cn1nc(-c2ccc(Br)cc2)ccc1=O. The third-order valence-corrected chi connectivity index (χ3v) is 3.34. The van der Waals surface area contributed by atoms with Gasteiger partial charge in [0.1, 0.15) is 6.54 Å². The zero-order valence-electron chi connectivity index (χ0n) is 12.8. The van der Waals surface area contributed by atoms with E-state index in [0.29, 0.717) is 5.69 Å². The summed E-state index contributed by atoms with van der Waals surface area (Å²) in [6.07, 6.45) is 0. The number of hydrogen-bond acceptors (Lipinski definition) is 3. The number of rotatable bonds is 3. The Morgan fingerprint density at radius 1 is 1.18 bits per heavy atom. The minimum atomic E-state index is -0.343. The van der Waals surface area contributed by atoms with Crippen LogP contribution in [0.15, 0.2) is 45.7 Å². The standard InChI is InChI=1S/C16H18BrN3O2/c1-16(2,3)18-14(21)10-20-15(22)9-8-13(19-20)11-4-6-12(17)7-5-11/h4-9H,10H2,1-3H3,(H,18,21). The molecule has 0 saturated heterocycles. The average molecular weight is 364 g/mol. The fraction of sp³-hybridized carbons (Fsp3) is 0.312. The number of aromatic nitrogens is 2. The lowest BCUT2D eigenvalue weighted by molar-refractivity contribution is -0.123. The van der Waals surface area contributed by atoms with Gasteiger partial charge in [0.05, 0.1) is 5.69 Å². The van der Waals surface area contributed by atoms with Gasteiger partial charge in [0, 0.05) is 21.6 Å². The molecule has 0 aliphatic heterocycles. The molecule has 0 aliphatic rings. The van der Waals surface area contributed by atoms with Crippen LogP contribution < -0.4 is 10.9 Å². The third kappa shape index (κ3) is 4.53. The summed E-state index contributed by atoms with van der Waals surface area (Å²) in [5.41, 5.74) is 0.887. The Balaban J connectivity index is 2.26. The lowest BCUT2D eigenvalue weighted by Crippen LogP contribution is -2.43. The molecule has 0 aliphatic carbocycles. The Bertz CT molecular complexity index is 730. The van der Waals surface area contributed by atoms with Crippen LogP contribution in [0, 0.1) is 0 Å². The lowest BCUT2D eigenvalue weighted by atomic mass is 10.1. The van der Waals surface area contributed by atoms with Crippen LogP contribution in [-0.4, -0.2) is 21.2 Å². The predicted octanol–water partition coefficient (Wildman–Crippen LogP) is 2.59. The van der Waals surface area contributed by atoms with Gasteiger partial charge in [0.2, 0.25) is 5.91 Å². The van der Waals surface area contributed by atoms with E-state index in [1.54, 1.807) is 6.07 Å². The normalized spacial score (nSPS) is 11.3. The molecule has 2 aromatic rings. The van der Waals surface area contributed by atoms with Crippen molar-refractivity contribution in [2.45, 2.75) is 32.9 Å². The molecular formula is C16H18BrN3O2. The second-order valence-electron chi connectivity index (χ2n) is 6.02. The van der Waals surface area contributed by atoms with Gasteiger partial charge in [-0.05, 0) is 39.0 Å². The minimum Gasteiger partial charge on any atom is -0.350 e. The van der Waals surface area contributed by atoms with Crippen LogP contribution in [-0.2, 0) is 11.3 Å². The molecule has 1 aromatic carbocycles. The number of benzene rings is 1. The van der Waals surface area contributed by atoms with Crippen LogP contribution in [0.3, 0.4) is 0 Å². The summed E-state index contributed by atoms with van der Waals surface area (Å²) in [5, 5.41) is 7.09. The molecule has 1 heterocycles. The first-order valence-corrected chi connectivity index (χ1v) is 7.69. The van der Waals surface area contributed by atoms with Crippen LogP contribution in [0.1, 0.15) is 20.8 Å². The quantitative estimate of drug-likeness (QED) is 0.911. The van der Waals surface area contributed by atoms with Crippen LogP contribution in [0.25, 0.3) is 11.3 Å². The second kappa shape index (κ2) is 6.44. The van der Waals surface area contributed by atoms with E-state index in [1.165, 1.54) is 10.7 Å². The van der Waals surface area contributed by atoms with Gasteiger partial charge in [-0.2, -0.15) is 5.10 Å². The maximum Gasteiger partial charge on any atom is 0.267 e. The highest BCUT2D eigenvalue weighted by Gasteiger charge is 2.15. The maximum atomic E-state index is 12.0. The predicted molar refractivity (Wildman–Crippen MR) is 89.5 cm³/mol. The molecule has 0 saturated carbocycles. The molecular weight excluding hydrogens is 346 g/mol. The van der Waals surface area contributed by atoms with Crippen molar-refractivity contribution in [2.24, 2.45) is 0 Å². The summed E-state index contributed by atoms with van der Waals surface area (Å²) in [6.45, 7) is 5.57. The smallest absolute Gasteiger partial charge is 0.267 e. The average Bonchev–Trinajstić information content (AvgIpc) is 2.40. The summed E-state index contributed by atoms with van der Waals surface area (Å²) < 4.78 is 2.15. The zero-order valence-corrected chi connectivity index (χ0v) is 14.3. The zero-order chi connectivity index (χ0) is 16.3. The van der Waals surface area contributed by atoms with E-state index in [4.69, 9.17) is 0 Å². The summed E-state index contributed by atoms with van der Waals surface area (Å²) in [6, 6.07) is 10.7. The molecule has 1 aromatic heterocycles. The largest absolute Gasteiger partial charge is 0.350 e. The van der Waals surface area contributed by atoms with Gasteiger partial charge in [-0.25, -0.2) is 4.68 Å². The van der Waals surface area contributed by atoms with E-state index in [0.717, 1.165) is 10.0 Å². The number of amides is 1. The van der Waals surface area contributed by atoms with Crippen molar-refractivity contribution in [3.8, 4) is 11.3 Å². The molecule has 0 unspecified atom stereocenters. The van der Waals surface area contributed by atoms with Crippen LogP contribution in [0.5, 0.6) is 0 Å². The van der Waals surface area contributed by atoms with E-state index in [2.05, 4.69) is 26.3 Å². The van der Waals surface area contributed by atoms with E-state index in [-0.39, 0.29) is 23.6 Å². The van der Waals surface area contributed by atoms with Crippen LogP contribution in [0.4, 0.5) is 0 Å². The van der Waals surface area contributed by atoms with Gasteiger partial charge < -0.3 is 5.32 Å². The van der Waals surface area contributed by atoms with Crippen molar-refractivity contribution < 1.29 is 4.79 Å². The Morgan fingerprint density at radius 3 is 2.41 bits per heavy atom. The van der Waals surface area contributed by atoms with Crippen molar-refractivity contribution in [3.63, 3.8) is 0 Å². The molecule has 1 N–H and O–H groups in total. The fourth-order valence-corrected chi connectivity index (χ4v) is 2.19. The minimum absolute atomic E-state index is 0.0968. The molecule has 0 spiro atoms. The summed E-state index contributed by atoms with van der Waals surface area (Å²) in [4.78, 5) is 23.8. The number of hydrogen-bond donors (Lipinski definition) is 1. The Morgan fingerprint density at radius 2 is 1.82 bits per heavy atom. The molecule has 5 nitrogen and oxygen atoms in total. The van der Waals surface area contributed by atoms with Crippen molar-refractivity contribution in [2.75, 3.05) is 0 Å². The molecule has 22 heavy (non-hydrogen) atoms. The van der Waals surface area contributed by atoms with Gasteiger partial charge in [-0.15, -0.1) is 0 Å². The number of carbonyl (C=O) groups excluding carboxylic acids is 1. The summed E-state index contributed by atoms with van der Waals surface area (Å²) in [7, 11) is 0. The van der Waals surface area contributed by atoms with E-state index >= 15 is 0 Å². The second-order valence-corrected chi connectivity index (χ2v) is 6.94. The molecule has 0 radical (unpaired) electrons. The Kier molecular flexibility index (Phi) is 4.81. The first-order valence-electron chi connectivity index (χ1n) is 6.90. The first kappa shape index (κ1) is 16.4. The highest BCUT2D eigenvalue weighted by Crippen LogP contribution is 2.18. The topological polar surface area (TPSA) is 64.0 Å².